The molecular formula is C58H84N6O4+2. The van der Waals surface area contributed by atoms with Crippen LogP contribution in [0.15, 0.2) is 121 Å². The van der Waals surface area contributed by atoms with Crippen molar-refractivity contribution in [2.75, 3.05) is 72.0 Å². The molecule has 0 bridgehead atoms. The molecule has 1 aliphatic carbocycles. The van der Waals surface area contributed by atoms with Gasteiger partial charge in [-0.3, -0.25) is 0 Å². The normalized spacial score (nSPS) is 14.1. The fourth-order valence-corrected chi connectivity index (χ4v) is 8.88. The van der Waals surface area contributed by atoms with Crippen LogP contribution in [0, 0.1) is 0 Å². The van der Waals surface area contributed by atoms with Gasteiger partial charge in [-0.05, 0) is 102 Å². The highest BCUT2D eigenvalue weighted by Gasteiger charge is 2.26. The number of aliphatic hydroxyl groups is 4. The molecule has 10 heteroatoms. The number of anilines is 4. The second-order valence-electron chi connectivity index (χ2n) is 18.8. The Labute approximate surface area is 409 Å². The monoisotopic (exact) mass is 929 g/mol. The molecule has 0 aromatic heterocycles. The summed E-state index contributed by atoms with van der Waals surface area (Å²) in [6.45, 7) is 21.9. The average molecular weight is 929 g/mol. The van der Waals surface area contributed by atoms with E-state index in [0.29, 0.717) is 26.2 Å². The van der Waals surface area contributed by atoms with Gasteiger partial charge >= 0.3 is 0 Å². The molecule has 0 radical (unpaired) electrons. The van der Waals surface area contributed by atoms with Gasteiger partial charge in [0.15, 0.2) is 0 Å². The molecule has 4 atom stereocenters. The molecule has 0 aliphatic heterocycles. The summed E-state index contributed by atoms with van der Waals surface area (Å²) in [6.07, 6.45) is 15.9. The Balaban J connectivity index is 1.64. The van der Waals surface area contributed by atoms with Crippen LogP contribution in [-0.4, -0.2) is 109 Å². The summed E-state index contributed by atoms with van der Waals surface area (Å²) in [5.74, 6) is 0. The zero-order valence-corrected chi connectivity index (χ0v) is 42.6. The van der Waals surface area contributed by atoms with Crippen LogP contribution in [0.1, 0.15) is 107 Å². The Kier molecular flexibility index (Phi) is 21.8. The minimum atomic E-state index is -0.558. The van der Waals surface area contributed by atoms with Crippen molar-refractivity contribution in [1.82, 2.24) is 9.15 Å². The van der Waals surface area contributed by atoms with E-state index in [1.54, 1.807) is 27.7 Å². The maximum atomic E-state index is 10.3. The predicted molar refractivity (Wildman–Crippen MR) is 292 cm³/mol. The summed E-state index contributed by atoms with van der Waals surface area (Å²) in [4.78, 5) is 9.10. The maximum absolute atomic E-state index is 10.3. The summed E-state index contributed by atoms with van der Waals surface area (Å²) in [5, 5.41) is 41.3. The van der Waals surface area contributed by atoms with E-state index >= 15 is 0 Å². The van der Waals surface area contributed by atoms with Crippen molar-refractivity contribution in [3.63, 3.8) is 0 Å². The molecule has 0 saturated heterocycles. The Bertz CT molecular complexity index is 2020. The molecule has 368 valence electrons. The van der Waals surface area contributed by atoms with E-state index in [2.05, 4.69) is 168 Å². The highest BCUT2D eigenvalue weighted by atomic mass is 16.3. The number of rotatable bonds is 28. The predicted octanol–water partition coefficient (Wildman–Crippen LogP) is 11.0. The number of unbranched alkanes of at least 4 members (excludes halogenated alkanes) is 4. The number of benzene rings is 4. The van der Waals surface area contributed by atoms with Gasteiger partial charge in [0.05, 0.1) is 24.4 Å². The smallest absolute Gasteiger partial charge is 0.212 e. The van der Waals surface area contributed by atoms with Crippen molar-refractivity contribution in [2.45, 2.75) is 131 Å². The molecular weight excluding hydrogens is 845 g/mol. The zero-order valence-electron chi connectivity index (χ0n) is 42.6. The Hall–Kier alpha value is -5.26. The SMILES string of the molecule is CCCCN(CCCC)c1ccc([N+](=C2C=CC(=[N+](c3ccc(N(CC(C)O)CC(C)O)cc3)c3ccc(N(CC(C)O)CC(C)O)cc3)C=C2)c2ccc(N(CCCC)CCCC)cc2)cc1. The van der Waals surface area contributed by atoms with Gasteiger partial charge in [-0.2, -0.15) is 9.15 Å². The number of hydrogen-bond donors (Lipinski definition) is 4. The van der Waals surface area contributed by atoms with Crippen molar-refractivity contribution in [3.05, 3.63) is 121 Å². The third kappa shape index (κ3) is 15.9. The van der Waals surface area contributed by atoms with E-state index in [1.807, 2.05) is 9.80 Å². The third-order valence-corrected chi connectivity index (χ3v) is 12.3. The summed E-state index contributed by atoms with van der Waals surface area (Å²) in [5.41, 5.74) is 10.4. The van der Waals surface area contributed by atoms with Crippen LogP contribution in [0.5, 0.6) is 0 Å². The zero-order chi connectivity index (χ0) is 49.0. The highest BCUT2D eigenvalue weighted by molar-refractivity contribution is 6.20. The van der Waals surface area contributed by atoms with Gasteiger partial charge in [0, 0.05) is 148 Å². The third-order valence-electron chi connectivity index (χ3n) is 12.3. The molecule has 0 fully saturated rings. The quantitative estimate of drug-likeness (QED) is 0.0330. The second-order valence-corrected chi connectivity index (χ2v) is 18.8. The molecule has 4 aromatic carbocycles. The summed E-state index contributed by atoms with van der Waals surface area (Å²) < 4.78 is 4.59. The lowest BCUT2D eigenvalue weighted by Gasteiger charge is -2.27. The first-order valence-electron chi connectivity index (χ1n) is 25.7. The van der Waals surface area contributed by atoms with Gasteiger partial charge in [-0.25, -0.2) is 0 Å². The summed E-state index contributed by atoms with van der Waals surface area (Å²) >= 11 is 0. The van der Waals surface area contributed by atoms with Crippen LogP contribution in [0.25, 0.3) is 0 Å². The molecule has 4 unspecified atom stereocenters. The number of hydrogen-bond acceptors (Lipinski definition) is 8. The molecule has 0 saturated carbocycles. The first-order valence-corrected chi connectivity index (χ1v) is 25.7. The Morgan fingerprint density at radius 3 is 0.735 bits per heavy atom. The van der Waals surface area contributed by atoms with E-state index in [-0.39, 0.29) is 0 Å². The number of nitrogens with zero attached hydrogens (tertiary/aromatic N) is 6. The lowest BCUT2D eigenvalue weighted by atomic mass is 10.1. The molecule has 10 nitrogen and oxygen atoms in total. The van der Waals surface area contributed by atoms with E-state index in [0.717, 1.165) is 71.7 Å². The van der Waals surface area contributed by atoms with Crippen molar-refractivity contribution in [3.8, 4) is 0 Å². The average Bonchev–Trinajstić information content (AvgIpc) is 3.32. The molecule has 0 amide bonds. The van der Waals surface area contributed by atoms with Gasteiger partial charge in [0.25, 0.3) is 0 Å². The van der Waals surface area contributed by atoms with Gasteiger partial charge in [0.1, 0.15) is 0 Å². The van der Waals surface area contributed by atoms with Crippen LogP contribution >= 0.6 is 0 Å². The summed E-state index contributed by atoms with van der Waals surface area (Å²) in [7, 11) is 0. The van der Waals surface area contributed by atoms with E-state index < -0.39 is 24.4 Å². The van der Waals surface area contributed by atoms with Gasteiger partial charge < -0.3 is 40.0 Å². The standard InChI is InChI=1S/C58H84N6O4/c1-9-13-37-59(38-14-10-2)49-17-25-53(26-18-49)63(54-27-19-50(20-28-54)60(39-15-11-3)40-16-12-4)57-33-35-58(36-34-57)64(55-29-21-51(22-30-55)61(41-45(5)65)42-46(6)66)56-31-23-52(24-32-56)62(43-47(7)67)44-48(8)68/h17-36,45-48,65-68H,9-16,37-44H2,1-8H3/q+2. The van der Waals surface area contributed by atoms with Crippen LogP contribution in [0.4, 0.5) is 45.5 Å². The van der Waals surface area contributed by atoms with Crippen molar-refractivity contribution in [2.24, 2.45) is 0 Å². The first kappa shape index (κ1) is 53.7. The molecule has 68 heavy (non-hydrogen) atoms. The molecule has 0 heterocycles. The first-order chi connectivity index (χ1) is 32.8. The molecule has 4 aromatic rings. The van der Waals surface area contributed by atoms with E-state index in [1.165, 1.54) is 62.7 Å². The van der Waals surface area contributed by atoms with Crippen LogP contribution in [0.3, 0.4) is 0 Å². The molecule has 4 N–H and O–H groups in total. The lowest BCUT2D eigenvalue weighted by molar-refractivity contribution is 0.177. The fourth-order valence-electron chi connectivity index (χ4n) is 8.88. The van der Waals surface area contributed by atoms with Crippen molar-refractivity contribution < 1.29 is 20.4 Å². The van der Waals surface area contributed by atoms with Crippen molar-refractivity contribution >= 4 is 56.9 Å². The van der Waals surface area contributed by atoms with E-state index in [4.69, 9.17) is 0 Å². The molecule has 5 rings (SSSR count). The largest absolute Gasteiger partial charge is 0.392 e. The van der Waals surface area contributed by atoms with Crippen LogP contribution in [0.2, 0.25) is 0 Å². The van der Waals surface area contributed by atoms with Gasteiger partial charge in [-0.1, -0.05) is 53.4 Å². The fraction of sp³-hybridized carbons (Fsp3) is 0.483. The van der Waals surface area contributed by atoms with Crippen molar-refractivity contribution in [1.29, 1.82) is 0 Å². The van der Waals surface area contributed by atoms with E-state index in [9.17, 15) is 20.4 Å². The minimum absolute atomic E-state index is 0.403. The number of aliphatic hydroxyl groups excluding tert-OH is 4. The minimum Gasteiger partial charge on any atom is -0.392 e. The lowest BCUT2D eigenvalue weighted by Crippen LogP contribution is -2.36. The maximum Gasteiger partial charge on any atom is 0.212 e. The summed E-state index contributed by atoms with van der Waals surface area (Å²) in [6, 6.07) is 34.8. The van der Waals surface area contributed by atoms with Gasteiger partial charge in [0.2, 0.25) is 34.2 Å². The second kappa shape index (κ2) is 27.7. The highest BCUT2D eigenvalue weighted by Crippen LogP contribution is 2.31. The Morgan fingerprint density at radius 1 is 0.338 bits per heavy atom. The molecule has 1 aliphatic rings. The Morgan fingerprint density at radius 2 is 0.544 bits per heavy atom. The number of allylic oxidation sites excluding steroid dienone is 4. The van der Waals surface area contributed by atoms with Crippen LogP contribution < -0.4 is 28.8 Å². The van der Waals surface area contributed by atoms with Crippen LogP contribution in [-0.2, 0) is 0 Å². The molecule has 0 spiro atoms. The topological polar surface area (TPSA) is 99.9 Å². The van der Waals surface area contributed by atoms with Gasteiger partial charge in [-0.15, -0.1) is 0 Å².